The second kappa shape index (κ2) is 10.3. The van der Waals surface area contributed by atoms with Crippen molar-refractivity contribution >= 4 is 28.4 Å². The van der Waals surface area contributed by atoms with Gasteiger partial charge in [-0.1, -0.05) is 6.42 Å². The van der Waals surface area contributed by atoms with Gasteiger partial charge >= 0.3 is 0 Å². The molecule has 40 heavy (non-hydrogen) atoms. The van der Waals surface area contributed by atoms with Crippen molar-refractivity contribution < 1.29 is 18.3 Å². The fourth-order valence-corrected chi connectivity index (χ4v) is 5.56. The topological polar surface area (TPSA) is 112 Å². The van der Waals surface area contributed by atoms with Crippen LogP contribution in [0.15, 0.2) is 36.8 Å². The first kappa shape index (κ1) is 26.3. The number of aromatic nitrogens is 5. The molecule has 5 heterocycles. The van der Waals surface area contributed by atoms with E-state index in [4.69, 9.17) is 9.97 Å². The number of rotatable bonds is 6. The molecule has 4 aromatic rings. The van der Waals surface area contributed by atoms with Crippen molar-refractivity contribution in [2.24, 2.45) is 0 Å². The smallest absolute Gasteiger partial charge is 0.251 e. The van der Waals surface area contributed by atoms with Crippen LogP contribution in [0.5, 0.6) is 0 Å². The van der Waals surface area contributed by atoms with Gasteiger partial charge in [0.15, 0.2) is 23.3 Å². The van der Waals surface area contributed by atoms with Crippen LogP contribution in [-0.2, 0) is 0 Å². The quantitative estimate of drug-likeness (QED) is 0.300. The summed E-state index contributed by atoms with van der Waals surface area (Å²) in [6.07, 6.45) is 9.12. The Hall–Kier alpha value is -3.90. The van der Waals surface area contributed by atoms with Gasteiger partial charge in [-0.15, -0.1) is 0 Å². The van der Waals surface area contributed by atoms with Gasteiger partial charge in [-0.3, -0.25) is 4.98 Å². The number of likely N-dealkylation sites (N-methyl/N-ethyl adjacent to an activating group) is 1. The Labute approximate surface area is 228 Å². The van der Waals surface area contributed by atoms with Crippen molar-refractivity contribution in [3.05, 3.63) is 59.9 Å². The van der Waals surface area contributed by atoms with Crippen LogP contribution in [0.4, 0.5) is 30.6 Å². The number of β-amino-alcohol motifs (C(OH)–C–C–N with tert-alkyl or cyclic N) is 1. The Kier molecular flexibility index (Phi) is 6.75. The van der Waals surface area contributed by atoms with E-state index in [0.717, 1.165) is 43.2 Å². The minimum atomic E-state index is -1.42. The van der Waals surface area contributed by atoms with Crippen LogP contribution >= 0.6 is 0 Å². The standard InChI is InChI=1S/C28H29F3N8O/c1-28(40)14-32-8-7-21(28)39(2)27-23-17(15-4-3-5-15)12-33-13-20(23)35-25(38-27)16-6-9-34-22(10-16)36-26-19(30)11-18(29)24(31)37-26/h6,9-13,15,21,32,40H,3-5,7-8,14H2,1-2H3,(H,34,36,37). The molecule has 12 heteroatoms. The molecule has 1 saturated heterocycles. The van der Waals surface area contributed by atoms with Crippen LogP contribution < -0.4 is 15.5 Å². The van der Waals surface area contributed by atoms with Gasteiger partial charge in [-0.05, 0) is 56.3 Å². The molecular weight excluding hydrogens is 521 g/mol. The lowest BCUT2D eigenvalue weighted by Gasteiger charge is -2.43. The van der Waals surface area contributed by atoms with Gasteiger partial charge in [0.05, 0.1) is 23.4 Å². The number of pyridine rings is 3. The molecule has 208 valence electrons. The van der Waals surface area contributed by atoms with Crippen LogP contribution in [0.1, 0.15) is 44.1 Å². The second-order valence-corrected chi connectivity index (χ2v) is 10.7. The number of anilines is 3. The summed E-state index contributed by atoms with van der Waals surface area (Å²) in [5.74, 6) is -2.76. The van der Waals surface area contributed by atoms with E-state index in [2.05, 4.69) is 25.6 Å². The van der Waals surface area contributed by atoms with Gasteiger partial charge in [0.25, 0.3) is 5.95 Å². The third kappa shape index (κ3) is 4.81. The summed E-state index contributed by atoms with van der Waals surface area (Å²) >= 11 is 0. The van der Waals surface area contributed by atoms with Crippen molar-refractivity contribution in [3.8, 4) is 11.4 Å². The molecule has 2 fully saturated rings. The third-order valence-corrected chi connectivity index (χ3v) is 7.91. The molecule has 6 rings (SSSR count). The third-order valence-electron chi connectivity index (χ3n) is 7.91. The van der Waals surface area contributed by atoms with E-state index in [9.17, 15) is 18.3 Å². The molecule has 1 aliphatic carbocycles. The van der Waals surface area contributed by atoms with Crippen molar-refractivity contribution in [1.82, 2.24) is 30.2 Å². The van der Waals surface area contributed by atoms with E-state index in [0.29, 0.717) is 41.3 Å². The van der Waals surface area contributed by atoms with Crippen molar-refractivity contribution in [2.75, 3.05) is 30.4 Å². The van der Waals surface area contributed by atoms with E-state index in [-0.39, 0.29) is 11.9 Å². The Morgan fingerprint density at radius 3 is 2.65 bits per heavy atom. The number of aliphatic hydroxyl groups is 1. The largest absolute Gasteiger partial charge is 0.387 e. The SMILES string of the molecule is CN(c1nc(-c2ccnc(Nc3nc(F)c(F)cc3F)c2)nc2cncc(C3CCC3)c12)C1CCNCC1(C)O. The van der Waals surface area contributed by atoms with Crippen LogP contribution in [0, 0.1) is 17.6 Å². The summed E-state index contributed by atoms with van der Waals surface area (Å²) in [4.78, 5) is 23.8. The van der Waals surface area contributed by atoms with Crippen LogP contribution in [0.2, 0.25) is 0 Å². The second-order valence-electron chi connectivity index (χ2n) is 10.7. The number of fused-ring (bicyclic) bond motifs is 1. The monoisotopic (exact) mass is 550 g/mol. The summed E-state index contributed by atoms with van der Waals surface area (Å²) in [6, 6.07) is 3.51. The van der Waals surface area contributed by atoms with Gasteiger partial charge in [0.1, 0.15) is 11.6 Å². The van der Waals surface area contributed by atoms with Crippen LogP contribution in [-0.4, -0.2) is 61.8 Å². The number of halogens is 3. The lowest BCUT2D eigenvalue weighted by Crippen LogP contribution is -2.59. The highest BCUT2D eigenvalue weighted by atomic mass is 19.2. The van der Waals surface area contributed by atoms with Gasteiger partial charge < -0.3 is 20.6 Å². The first-order chi connectivity index (χ1) is 19.2. The van der Waals surface area contributed by atoms with Gasteiger partial charge in [-0.25, -0.2) is 23.7 Å². The number of piperidine rings is 1. The lowest BCUT2D eigenvalue weighted by atomic mass is 9.79. The number of hydrogen-bond donors (Lipinski definition) is 3. The minimum absolute atomic E-state index is 0.149. The van der Waals surface area contributed by atoms with Crippen LogP contribution in [0.25, 0.3) is 22.3 Å². The Morgan fingerprint density at radius 2 is 1.90 bits per heavy atom. The zero-order chi connectivity index (χ0) is 28.0. The van der Waals surface area contributed by atoms with Gasteiger partial charge in [0.2, 0.25) is 0 Å². The van der Waals surface area contributed by atoms with E-state index < -0.39 is 29.0 Å². The highest BCUT2D eigenvalue weighted by molar-refractivity contribution is 5.94. The molecule has 4 aromatic heterocycles. The first-order valence-corrected chi connectivity index (χ1v) is 13.3. The fourth-order valence-electron chi connectivity index (χ4n) is 5.56. The highest BCUT2D eigenvalue weighted by Crippen LogP contribution is 2.42. The van der Waals surface area contributed by atoms with E-state index in [1.165, 1.54) is 6.20 Å². The zero-order valence-electron chi connectivity index (χ0n) is 22.1. The number of nitrogens with zero attached hydrogens (tertiary/aromatic N) is 6. The predicted octanol–water partition coefficient (Wildman–Crippen LogP) is 4.46. The molecule has 1 aliphatic heterocycles. The molecule has 9 nitrogen and oxygen atoms in total. The van der Waals surface area contributed by atoms with Crippen molar-refractivity contribution in [1.29, 1.82) is 0 Å². The van der Waals surface area contributed by atoms with Gasteiger partial charge in [0, 0.05) is 43.0 Å². The lowest BCUT2D eigenvalue weighted by molar-refractivity contribution is 0.0143. The summed E-state index contributed by atoms with van der Waals surface area (Å²) in [5.41, 5.74) is 1.35. The van der Waals surface area contributed by atoms with Gasteiger partial charge in [-0.2, -0.15) is 9.37 Å². The molecule has 2 aliphatic rings. The predicted molar refractivity (Wildman–Crippen MR) is 145 cm³/mol. The average Bonchev–Trinajstić information content (AvgIpc) is 2.90. The Bertz CT molecular complexity index is 1580. The summed E-state index contributed by atoms with van der Waals surface area (Å²) in [7, 11) is 1.94. The fraction of sp³-hybridized carbons (Fsp3) is 0.393. The number of nitrogens with one attached hydrogen (secondary N) is 2. The minimum Gasteiger partial charge on any atom is -0.387 e. The molecule has 3 N–H and O–H groups in total. The average molecular weight is 551 g/mol. The molecule has 2 unspecified atom stereocenters. The maximum atomic E-state index is 14.2. The zero-order valence-corrected chi connectivity index (χ0v) is 22.1. The molecule has 1 saturated carbocycles. The molecule has 0 amide bonds. The molecule has 0 radical (unpaired) electrons. The maximum Gasteiger partial charge on any atom is 0.251 e. The van der Waals surface area contributed by atoms with Crippen LogP contribution in [0.3, 0.4) is 0 Å². The molecule has 2 atom stereocenters. The Balaban J connectivity index is 1.45. The van der Waals surface area contributed by atoms with Crippen molar-refractivity contribution in [3.63, 3.8) is 0 Å². The number of hydrogen-bond acceptors (Lipinski definition) is 9. The summed E-state index contributed by atoms with van der Waals surface area (Å²) in [6.45, 7) is 3.06. The van der Waals surface area contributed by atoms with E-state index >= 15 is 0 Å². The Morgan fingerprint density at radius 1 is 1.07 bits per heavy atom. The van der Waals surface area contributed by atoms with E-state index in [1.54, 1.807) is 18.3 Å². The first-order valence-electron chi connectivity index (χ1n) is 13.3. The molecular formula is C28H29F3N8O. The normalized spacial score (nSPS) is 21.3. The molecule has 0 bridgehead atoms. The van der Waals surface area contributed by atoms with Crippen molar-refractivity contribution in [2.45, 2.75) is 50.2 Å². The molecule has 0 spiro atoms. The summed E-state index contributed by atoms with van der Waals surface area (Å²) < 4.78 is 41.2. The highest BCUT2D eigenvalue weighted by Gasteiger charge is 2.39. The maximum absolute atomic E-state index is 14.2. The summed E-state index contributed by atoms with van der Waals surface area (Å²) in [5, 5.41) is 18.0. The molecule has 0 aromatic carbocycles. The van der Waals surface area contributed by atoms with E-state index in [1.807, 2.05) is 25.1 Å².